The lowest BCUT2D eigenvalue weighted by Gasteiger charge is -2.49. The molecule has 3 rings (SSSR count). The van der Waals surface area contributed by atoms with Crippen molar-refractivity contribution in [3.05, 3.63) is 84.5 Å². The molecule has 3 atom stereocenters. The van der Waals surface area contributed by atoms with Gasteiger partial charge in [-0.05, 0) is 66.7 Å². The van der Waals surface area contributed by atoms with E-state index < -0.39 is 23.8 Å². The maximum absolute atomic E-state index is 14.9. The third kappa shape index (κ3) is 8.61. The third-order valence-electron chi connectivity index (χ3n) is 10.4. The first-order chi connectivity index (χ1) is 20.3. The third-order valence-corrected chi connectivity index (χ3v) is 22.3. The van der Waals surface area contributed by atoms with E-state index in [9.17, 15) is 8.96 Å². The fraction of sp³-hybridized carbons (Fsp3) is 0.568. The Morgan fingerprint density at radius 1 is 0.841 bits per heavy atom. The molecular formula is C37H58FO3PSi2. The van der Waals surface area contributed by atoms with E-state index in [1.807, 2.05) is 60.7 Å². The molecule has 2 aromatic carbocycles. The number of hydrogen-bond acceptors (Lipinski definition) is 3. The number of halogens is 1. The van der Waals surface area contributed by atoms with Crippen molar-refractivity contribution in [2.24, 2.45) is 5.92 Å². The molecule has 0 spiro atoms. The lowest BCUT2D eigenvalue weighted by Crippen LogP contribution is -2.53. The predicted molar refractivity (Wildman–Crippen MR) is 194 cm³/mol. The molecular weight excluding hydrogens is 599 g/mol. The van der Waals surface area contributed by atoms with Gasteiger partial charge in [0.1, 0.15) is 7.14 Å². The van der Waals surface area contributed by atoms with Crippen molar-refractivity contribution in [2.45, 2.75) is 116 Å². The first-order valence-electron chi connectivity index (χ1n) is 16.3. The molecule has 0 heterocycles. The van der Waals surface area contributed by atoms with Gasteiger partial charge in [-0.25, -0.2) is 0 Å². The van der Waals surface area contributed by atoms with Crippen LogP contribution in [-0.4, -0.2) is 41.7 Å². The van der Waals surface area contributed by atoms with Crippen molar-refractivity contribution in [1.29, 1.82) is 0 Å². The topological polar surface area (TPSA) is 35.5 Å². The molecule has 7 heteroatoms. The highest BCUT2D eigenvalue weighted by Crippen LogP contribution is 2.49. The van der Waals surface area contributed by atoms with Crippen LogP contribution in [0.3, 0.4) is 0 Å². The van der Waals surface area contributed by atoms with E-state index in [0.29, 0.717) is 19.0 Å². The molecule has 0 bridgehead atoms. The zero-order valence-corrected chi connectivity index (χ0v) is 32.0. The average Bonchev–Trinajstić information content (AvgIpc) is 2.94. The van der Waals surface area contributed by atoms with Crippen LogP contribution in [0.2, 0.25) is 36.3 Å². The average molecular weight is 657 g/mol. The number of unbranched alkanes of at least 4 members (excludes halogenated alkanes) is 1. The minimum absolute atomic E-state index is 0.0181. The van der Waals surface area contributed by atoms with Crippen LogP contribution in [0.5, 0.6) is 0 Å². The Morgan fingerprint density at radius 3 is 1.77 bits per heavy atom. The van der Waals surface area contributed by atoms with Crippen molar-refractivity contribution >= 4 is 34.4 Å². The van der Waals surface area contributed by atoms with Gasteiger partial charge in [0.15, 0.2) is 16.6 Å². The molecule has 0 N–H and O–H groups in total. The highest BCUT2D eigenvalue weighted by Gasteiger charge is 2.48. The Hall–Kier alpha value is -1.57. The fourth-order valence-electron chi connectivity index (χ4n) is 5.43. The SMILES string of the molecule is C=C1/C(=C\CP(=O)(c2ccccc2)c2ccccc2)C[C@@H](O[Si](C)(C)C(C)(C)C)[C@H](CCCCF)[C@@H]1O[Si](C)(C)C(C)(C)C. The van der Waals surface area contributed by atoms with Crippen molar-refractivity contribution in [3.8, 4) is 0 Å². The van der Waals surface area contributed by atoms with E-state index in [1.54, 1.807) is 0 Å². The van der Waals surface area contributed by atoms with Gasteiger partial charge in [0, 0.05) is 22.7 Å². The van der Waals surface area contributed by atoms with Crippen LogP contribution >= 0.6 is 7.14 Å². The standard InChI is InChI=1S/C37H58FO3PSi2/c1-29-30(25-27-42(39,31-20-14-12-15-21-31)32-22-16-13-17-23-32)28-34(40-43(8,9)36(2,3)4)33(24-18-19-26-38)35(29)41-44(10,11)37(5,6)7/h12-17,20-23,25,33-35H,1,18-19,24,26-28H2,2-11H3/b30-25-/t33-,34+,35+/m0/s1. The maximum atomic E-state index is 14.9. The smallest absolute Gasteiger partial charge is 0.192 e. The summed E-state index contributed by atoms with van der Waals surface area (Å²) in [7, 11) is -7.31. The van der Waals surface area contributed by atoms with E-state index >= 15 is 0 Å². The number of alkyl halides is 1. The minimum Gasteiger partial charge on any atom is -0.413 e. The highest BCUT2D eigenvalue weighted by molar-refractivity contribution is 7.78. The first kappa shape index (κ1) is 36.9. The molecule has 0 aliphatic heterocycles. The summed E-state index contributed by atoms with van der Waals surface area (Å²) >= 11 is 0. The maximum Gasteiger partial charge on any atom is 0.192 e. The van der Waals surface area contributed by atoms with Crippen molar-refractivity contribution in [2.75, 3.05) is 12.8 Å². The second-order valence-corrected chi connectivity index (χ2v) is 28.0. The van der Waals surface area contributed by atoms with E-state index in [2.05, 4.69) is 80.4 Å². The minimum atomic E-state index is -2.95. The van der Waals surface area contributed by atoms with Crippen LogP contribution in [0.25, 0.3) is 0 Å². The van der Waals surface area contributed by atoms with Crippen molar-refractivity contribution in [3.63, 3.8) is 0 Å². The lowest BCUT2D eigenvalue weighted by atomic mass is 9.76. The van der Waals surface area contributed by atoms with Crippen molar-refractivity contribution < 1.29 is 17.8 Å². The Morgan fingerprint density at radius 2 is 1.32 bits per heavy atom. The number of benzene rings is 2. The second-order valence-electron chi connectivity index (χ2n) is 15.6. The first-order valence-corrected chi connectivity index (χ1v) is 24.0. The number of allylic oxidation sites excluding steroid dienone is 1. The molecule has 0 saturated heterocycles. The van der Waals surface area contributed by atoms with Gasteiger partial charge in [0.2, 0.25) is 0 Å². The predicted octanol–water partition coefficient (Wildman–Crippen LogP) is 10.4. The lowest BCUT2D eigenvalue weighted by molar-refractivity contribution is 0.0250. The summed E-state index contributed by atoms with van der Waals surface area (Å²) in [5, 5.41) is 1.78. The van der Waals surface area contributed by atoms with Gasteiger partial charge in [-0.3, -0.25) is 4.39 Å². The molecule has 3 nitrogen and oxygen atoms in total. The summed E-state index contributed by atoms with van der Waals surface area (Å²) in [6.45, 7) is 27.2. The fourth-order valence-corrected chi connectivity index (χ4v) is 10.6. The molecule has 2 aromatic rings. The summed E-state index contributed by atoms with van der Waals surface area (Å²) in [4.78, 5) is 0. The number of hydrogen-bond donors (Lipinski definition) is 0. The quantitative estimate of drug-likeness (QED) is 0.130. The van der Waals surface area contributed by atoms with Crippen LogP contribution in [-0.2, 0) is 13.4 Å². The van der Waals surface area contributed by atoms with Crippen LogP contribution in [0.1, 0.15) is 67.2 Å². The van der Waals surface area contributed by atoms with Crippen LogP contribution < -0.4 is 10.6 Å². The molecule has 1 saturated carbocycles. The summed E-state index contributed by atoms with van der Waals surface area (Å²) in [6.07, 6.45) is 5.15. The molecule has 0 aromatic heterocycles. The highest BCUT2D eigenvalue weighted by atomic mass is 31.2. The summed E-state index contributed by atoms with van der Waals surface area (Å²) in [5.74, 6) is 0.0875. The summed E-state index contributed by atoms with van der Waals surface area (Å²) in [5.41, 5.74) is 2.06. The Labute approximate surface area is 270 Å². The molecule has 0 unspecified atom stereocenters. The van der Waals surface area contributed by atoms with Crippen LogP contribution in [0, 0.1) is 5.92 Å². The van der Waals surface area contributed by atoms with Gasteiger partial charge in [-0.15, -0.1) is 0 Å². The van der Waals surface area contributed by atoms with E-state index in [0.717, 1.165) is 34.6 Å². The molecule has 0 radical (unpaired) electrons. The van der Waals surface area contributed by atoms with Gasteiger partial charge in [-0.1, -0.05) is 121 Å². The summed E-state index contributed by atoms with van der Waals surface area (Å²) < 4.78 is 42.7. The van der Waals surface area contributed by atoms with Gasteiger partial charge in [-0.2, -0.15) is 0 Å². The monoisotopic (exact) mass is 656 g/mol. The zero-order chi connectivity index (χ0) is 33.0. The van der Waals surface area contributed by atoms with Gasteiger partial charge >= 0.3 is 0 Å². The zero-order valence-electron chi connectivity index (χ0n) is 29.1. The molecule has 1 aliphatic carbocycles. The van der Waals surface area contributed by atoms with E-state index in [1.165, 1.54) is 0 Å². The van der Waals surface area contributed by atoms with Crippen molar-refractivity contribution in [1.82, 2.24) is 0 Å². The van der Waals surface area contributed by atoms with Crippen LogP contribution in [0.4, 0.5) is 4.39 Å². The van der Waals surface area contributed by atoms with Crippen LogP contribution in [0.15, 0.2) is 84.5 Å². The van der Waals surface area contributed by atoms with Gasteiger partial charge in [0.05, 0.1) is 18.9 Å². The normalized spacial score (nSPS) is 21.6. The summed E-state index contributed by atoms with van der Waals surface area (Å²) in [6, 6.07) is 19.7. The van der Waals surface area contributed by atoms with Gasteiger partial charge < -0.3 is 13.4 Å². The second kappa shape index (κ2) is 14.5. The van der Waals surface area contributed by atoms with Gasteiger partial charge in [0.25, 0.3) is 0 Å². The molecule has 44 heavy (non-hydrogen) atoms. The van der Waals surface area contributed by atoms with E-state index in [4.69, 9.17) is 8.85 Å². The largest absolute Gasteiger partial charge is 0.413 e. The molecule has 244 valence electrons. The number of rotatable bonds is 12. The van der Waals surface area contributed by atoms with E-state index in [-0.39, 0.29) is 34.9 Å². The Bertz CT molecular complexity index is 1270. The molecule has 0 amide bonds. The molecule has 1 aliphatic rings. The Balaban J connectivity index is 2.13. The molecule has 1 fully saturated rings. The Kier molecular flexibility index (Phi) is 12.1.